The van der Waals surface area contributed by atoms with Crippen LogP contribution in [0.4, 0.5) is 5.13 Å². The third-order valence-corrected chi connectivity index (χ3v) is 8.55. The Hall–Kier alpha value is -2.39. The molecule has 188 valence electrons. The summed E-state index contributed by atoms with van der Waals surface area (Å²) in [6, 6.07) is 1.73. The minimum absolute atomic E-state index is 0.219. The van der Waals surface area contributed by atoms with Crippen molar-refractivity contribution in [2.45, 2.75) is 37.8 Å². The molecule has 0 aromatic carbocycles. The lowest BCUT2D eigenvalue weighted by Crippen LogP contribution is -2.55. The molecule has 0 spiro atoms. The first-order valence-electron chi connectivity index (χ1n) is 10.8. The molecule has 2 aliphatic rings. The molecule has 0 bridgehead atoms. The SMILES string of the molecule is O=C(Nc1nncs1)[C@H]1CCCN1C(=O)CN1CCC[C@H](NS(=O)(=O)C=Cc2ccc(Cl)s2)C1=O. The molecule has 2 aromatic heterocycles. The third kappa shape index (κ3) is 6.64. The van der Waals surface area contributed by atoms with Gasteiger partial charge in [-0.3, -0.25) is 19.7 Å². The molecule has 2 saturated heterocycles. The fraction of sp³-hybridized carbons (Fsp3) is 0.450. The topological polar surface area (TPSA) is 142 Å². The summed E-state index contributed by atoms with van der Waals surface area (Å²) in [5, 5.41) is 11.5. The molecule has 4 rings (SSSR count). The van der Waals surface area contributed by atoms with Gasteiger partial charge in [0.25, 0.3) is 0 Å². The van der Waals surface area contributed by atoms with Crippen LogP contribution < -0.4 is 10.0 Å². The van der Waals surface area contributed by atoms with Crippen molar-refractivity contribution >= 4 is 73.2 Å². The maximum atomic E-state index is 13.0. The summed E-state index contributed by atoms with van der Waals surface area (Å²) in [6.45, 7) is 0.521. The van der Waals surface area contributed by atoms with E-state index in [0.29, 0.717) is 53.1 Å². The third-order valence-electron chi connectivity index (χ3n) is 5.63. The van der Waals surface area contributed by atoms with Gasteiger partial charge in [-0.15, -0.1) is 21.5 Å². The Labute approximate surface area is 215 Å². The second kappa shape index (κ2) is 11.1. The van der Waals surface area contributed by atoms with Crippen LogP contribution in [0.5, 0.6) is 0 Å². The number of hydrogen-bond donors (Lipinski definition) is 2. The number of anilines is 1. The molecule has 0 aliphatic carbocycles. The van der Waals surface area contributed by atoms with Crippen LogP contribution in [0.2, 0.25) is 4.34 Å². The first kappa shape index (κ1) is 25.7. The van der Waals surface area contributed by atoms with E-state index >= 15 is 0 Å². The first-order valence-corrected chi connectivity index (χ1v) is 14.4. The maximum Gasteiger partial charge on any atom is 0.249 e. The normalized spacial score (nSPS) is 21.1. The lowest BCUT2D eigenvalue weighted by molar-refractivity contribution is -0.144. The number of aromatic nitrogens is 2. The number of nitrogens with one attached hydrogen (secondary N) is 2. The van der Waals surface area contributed by atoms with E-state index in [0.717, 1.165) is 5.41 Å². The van der Waals surface area contributed by atoms with Gasteiger partial charge in [-0.1, -0.05) is 22.9 Å². The van der Waals surface area contributed by atoms with E-state index in [1.54, 1.807) is 12.1 Å². The van der Waals surface area contributed by atoms with Gasteiger partial charge >= 0.3 is 0 Å². The predicted molar refractivity (Wildman–Crippen MR) is 133 cm³/mol. The highest BCUT2D eigenvalue weighted by Gasteiger charge is 2.37. The number of likely N-dealkylation sites (tertiary alicyclic amines) is 2. The molecule has 0 saturated carbocycles. The van der Waals surface area contributed by atoms with E-state index in [-0.39, 0.29) is 18.4 Å². The summed E-state index contributed by atoms with van der Waals surface area (Å²) in [6.07, 6.45) is 3.45. The quantitative estimate of drug-likeness (QED) is 0.503. The second-order valence-corrected chi connectivity index (χ2v) is 12.2. The maximum absolute atomic E-state index is 13.0. The molecule has 2 aliphatic heterocycles. The van der Waals surface area contributed by atoms with Crippen molar-refractivity contribution in [2.75, 3.05) is 25.0 Å². The Morgan fingerprint density at radius 2 is 2.03 bits per heavy atom. The molecule has 2 N–H and O–H groups in total. The first-order chi connectivity index (χ1) is 16.7. The minimum Gasteiger partial charge on any atom is -0.332 e. The zero-order chi connectivity index (χ0) is 25.0. The molecule has 2 fully saturated rings. The van der Waals surface area contributed by atoms with E-state index < -0.39 is 28.0 Å². The summed E-state index contributed by atoms with van der Waals surface area (Å²) >= 11 is 8.27. The highest BCUT2D eigenvalue weighted by molar-refractivity contribution is 7.92. The standard InChI is InChI=1S/C20H23ClN6O5S3/c21-16-6-5-13(34-16)7-10-35(31,32)25-14-3-1-8-26(19(14)30)11-17(28)27-9-2-4-15(27)18(29)23-20-24-22-12-33-20/h5-7,10,12,14-15,25H,1-4,8-9,11H2,(H,23,24,29)/t14-,15+/m0/s1. The largest absolute Gasteiger partial charge is 0.332 e. The molecule has 3 amide bonds. The van der Waals surface area contributed by atoms with Gasteiger partial charge in [-0.2, -0.15) is 4.72 Å². The molecule has 11 nitrogen and oxygen atoms in total. The van der Waals surface area contributed by atoms with Gasteiger partial charge in [0.05, 0.1) is 10.9 Å². The average molecular weight is 559 g/mol. The van der Waals surface area contributed by atoms with Gasteiger partial charge in [0, 0.05) is 23.4 Å². The molecule has 0 unspecified atom stereocenters. The monoisotopic (exact) mass is 558 g/mol. The van der Waals surface area contributed by atoms with Crippen LogP contribution in [-0.2, 0) is 24.4 Å². The van der Waals surface area contributed by atoms with Crippen molar-refractivity contribution in [3.63, 3.8) is 0 Å². The van der Waals surface area contributed by atoms with E-state index in [1.165, 1.54) is 44.1 Å². The number of nitrogens with zero attached hydrogens (tertiary/aromatic N) is 4. The Bertz CT molecular complexity index is 1220. The fourth-order valence-electron chi connectivity index (χ4n) is 4.03. The summed E-state index contributed by atoms with van der Waals surface area (Å²) in [4.78, 5) is 42.0. The number of rotatable bonds is 8. The number of carbonyl (C=O) groups excluding carboxylic acids is 3. The highest BCUT2D eigenvalue weighted by atomic mass is 35.5. The summed E-state index contributed by atoms with van der Waals surface area (Å²) in [5.74, 6) is -1.16. The van der Waals surface area contributed by atoms with Crippen molar-refractivity contribution in [2.24, 2.45) is 0 Å². The Balaban J connectivity index is 1.35. The number of thiophene rings is 1. The van der Waals surface area contributed by atoms with Gasteiger partial charge in [0.1, 0.15) is 17.6 Å². The Morgan fingerprint density at radius 3 is 2.74 bits per heavy atom. The molecule has 2 aromatic rings. The zero-order valence-corrected chi connectivity index (χ0v) is 21.6. The van der Waals surface area contributed by atoms with Gasteiger partial charge in [0.15, 0.2) is 0 Å². The lowest BCUT2D eigenvalue weighted by atomic mass is 10.1. The number of halogens is 1. The number of amides is 3. The Morgan fingerprint density at radius 1 is 1.23 bits per heavy atom. The number of piperidine rings is 1. The molecule has 2 atom stereocenters. The van der Waals surface area contributed by atoms with Crippen molar-refractivity contribution in [1.82, 2.24) is 24.7 Å². The summed E-state index contributed by atoms with van der Waals surface area (Å²) in [5.41, 5.74) is 1.49. The molecule has 15 heteroatoms. The van der Waals surface area contributed by atoms with Gasteiger partial charge in [0.2, 0.25) is 32.9 Å². The van der Waals surface area contributed by atoms with Crippen LogP contribution in [0.25, 0.3) is 6.08 Å². The van der Waals surface area contributed by atoms with Gasteiger partial charge < -0.3 is 9.80 Å². The van der Waals surface area contributed by atoms with Crippen LogP contribution in [0, 0.1) is 0 Å². The fourth-order valence-corrected chi connectivity index (χ4v) is 6.54. The van der Waals surface area contributed by atoms with Crippen LogP contribution in [0.3, 0.4) is 0 Å². The summed E-state index contributed by atoms with van der Waals surface area (Å²) in [7, 11) is -3.89. The second-order valence-electron chi connectivity index (χ2n) is 8.04. The van der Waals surface area contributed by atoms with Crippen molar-refractivity contribution in [3.05, 3.63) is 32.3 Å². The minimum atomic E-state index is -3.89. The lowest BCUT2D eigenvalue weighted by Gasteiger charge is -2.33. The summed E-state index contributed by atoms with van der Waals surface area (Å²) < 4.78 is 27.9. The smallest absolute Gasteiger partial charge is 0.249 e. The number of carbonyl (C=O) groups is 3. The molecule has 0 radical (unpaired) electrons. The van der Waals surface area contributed by atoms with E-state index in [1.807, 2.05) is 0 Å². The van der Waals surface area contributed by atoms with Crippen LogP contribution in [-0.4, -0.2) is 77.9 Å². The van der Waals surface area contributed by atoms with Crippen molar-refractivity contribution in [1.29, 1.82) is 0 Å². The van der Waals surface area contributed by atoms with Gasteiger partial charge in [-0.05, 0) is 43.9 Å². The molecular formula is C20H23ClN6O5S3. The highest BCUT2D eigenvalue weighted by Crippen LogP contribution is 2.23. The van der Waals surface area contributed by atoms with Crippen molar-refractivity contribution < 1.29 is 22.8 Å². The van der Waals surface area contributed by atoms with E-state index in [9.17, 15) is 22.8 Å². The Kier molecular flexibility index (Phi) is 8.16. The van der Waals surface area contributed by atoms with E-state index in [4.69, 9.17) is 11.6 Å². The van der Waals surface area contributed by atoms with Crippen LogP contribution in [0.15, 0.2) is 23.1 Å². The van der Waals surface area contributed by atoms with E-state index in [2.05, 4.69) is 20.2 Å². The van der Waals surface area contributed by atoms with Crippen molar-refractivity contribution in [3.8, 4) is 0 Å². The molecular weight excluding hydrogens is 536 g/mol. The number of sulfonamides is 1. The van der Waals surface area contributed by atoms with Crippen LogP contribution >= 0.6 is 34.3 Å². The molecule has 35 heavy (non-hydrogen) atoms. The predicted octanol–water partition coefficient (Wildman–Crippen LogP) is 1.76. The van der Waals surface area contributed by atoms with Crippen LogP contribution in [0.1, 0.15) is 30.6 Å². The molecule has 4 heterocycles. The number of hydrogen-bond acceptors (Lipinski definition) is 9. The zero-order valence-electron chi connectivity index (χ0n) is 18.4. The average Bonchev–Trinajstić information content (AvgIpc) is 3.57. The van der Waals surface area contributed by atoms with Gasteiger partial charge in [-0.25, -0.2) is 8.42 Å².